The van der Waals surface area contributed by atoms with Crippen LogP contribution in [0, 0.1) is 11.6 Å². The number of ether oxygens (including phenoxy) is 1. The first-order valence-corrected chi connectivity index (χ1v) is 5.53. The first-order chi connectivity index (χ1) is 8.06. The van der Waals surface area contributed by atoms with Crippen LogP contribution < -0.4 is 10.5 Å². The van der Waals surface area contributed by atoms with Gasteiger partial charge in [0.1, 0.15) is 17.4 Å². The summed E-state index contributed by atoms with van der Waals surface area (Å²) < 4.78 is 31.8. The maximum atomic E-state index is 13.3. The highest BCUT2D eigenvalue weighted by Crippen LogP contribution is 2.32. The normalized spacial score (nSPS) is 10.3. The molecule has 0 saturated carbocycles. The lowest BCUT2D eigenvalue weighted by Gasteiger charge is -2.09. The van der Waals surface area contributed by atoms with Gasteiger partial charge < -0.3 is 10.5 Å². The Morgan fingerprint density at radius 3 is 2.59 bits per heavy atom. The molecule has 5 heteroatoms. The van der Waals surface area contributed by atoms with Gasteiger partial charge in [-0.1, -0.05) is 6.07 Å². The SMILES string of the molecule is Nc1cc(Br)c(F)cc1Oc1cccc(F)c1. The molecule has 2 N–H and O–H groups in total. The van der Waals surface area contributed by atoms with E-state index in [0.29, 0.717) is 0 Å². The molecule has 0 radical (unpaired) electrons. The van der Waals surface area contributed by atoms with Crippen LogP contribution in [0.3, 0.4) is 0 Å². The molecule has 0 heterocycles. The second kappa shape index (κ2) is 4.71. The molecule has 0 atom stereocenters. The monoisotopic (exact) mass is 299 g/mol. The number of rotatable bonds is 2. The van der Waals surface area contributed by atoms with Crippen LogP contribution in [0.5, 0.6) is 11.5 Å². The van der Waals surface area contributed by atoms with Crippen molar-refractivity contribution in [3.63, 3.8) is 0 Å². The summed E-state index contributed by atoms with van der Waals surface area (Å²) in [6, 6.07) is 8.07. The lowest BCUT2D eigenvalue weighted by Crippen LogP contribution is -1.94. The Balaban J connectivity index is 2.33. The summed E-state index contributed by atoms with van der Waals surface area (Å²) in [6.45, 7) is 0. The minimum Gasteiger partial charge on any atom is -0.455 e. The first kappa shape index (κ1) is 11.9. The summed E-state index contributed by atoms with van der Waals surface area (Å²) in [4.78, 5) is 0. The molecular formula is C12H8BrF2NO. The summed E-state index contributed by atoms with van der Waals surface area (Å²) in [5, 5.41) is 0. The number of nitrogen functional groups attached to an aromatic ring is 1. The predicted octanol–water partition coefficient (Wildman–Crippen LogP) is 4.10. The highest BCUT2D eigenvalue weighted by molar-refractivity contribution is 9.10. The summed E-state index contributed by atoms with van der Waals surface area (Å²) >= 11 is 3.01. The Labute approximate surface area is 105 Å². The lowest BCUT2D eigenvalue weighted by molar-refractivity contribution is 0.473. The summed E-state index contributed by atoms with van der Waals surface area (Å²) in [5.74, 6) is -0.515. The molecular weight excluding hydrogens is 292 g/mol. The zero-order valence-electron chi connectivity index (χ0n) is 8.58. The number of benzene rings is 2. The average Bonchev–Trinajstić information content (AvgIpc) is 2.26. The quantitative estimate of drug-likeness (QED) is 0.847. The fourth-order valence-electron chi connectivity index (χ4n) is 1.29. The van der Waals surface area contributed by atoms with E-state index in [1.165, 1.54) is 24.3 Å². The average molecular weight is 300 g/mol. The van der Waals surface area contributed by atoms with Gasteiger partial charge in [-0.25, -0.2) is 8.78 Å². The van der Waals surface area contributed by atoms with Crippen LogP contribution in [0.4, 0.5) is 14.5 Å². The third kappa shape index (κ3) is 2.74. The van der Waals surface area contributed by atoms with E-state index < -0.39 is 11.6 Å². The zero-order valence-corrected chi connectivity index (χ0v) is 10.2. The standard InChI is InChI=1S/C12H8BrF2NO/c13-9-5-11(16)12(6-10(9)15)17-8-3-1-2-7(14)4-8/h1-6H,16H2. The van der Waals surface area contributed by atoms with Gasteiger partial charge in [0.2, 0.25) is 0 Å². The van der Waals surface area contributed by atoms with Gasteiger partial charge in [-0.05, 0) is 34.1 Å². The molecule has 0 unspecified atom stereocenters. The molecule has 0 saturated heterocycles. The molecule has 2 rings (SSSR count). The van der Waals surface area contributed by atoms with Crippen LogP contribution in [0.15, 0.2) is 40.9 Å². The highest BCUT2D eigenvalue weighted by atomic mass is 79.9. The van der Waals surface area contributed by atoms with Crippen molar-refractivity contribution in [3.05, 3.63) is 52.5 Å². The van der Waals surface area contributed by atoms with Gasteiger partial charge in [-0.15, -0.1) is 0 Å². The lowest BCUT2D eigenvalue weighted by atomic mass is 10.3. The first-order valence-electron chi connectivity index (χ1n) is 4.74. The van der Waals surface area contributed by atoms with Gasteiger partial charge in [0, 0.05) is 12.1 Å². The molecule has 0 aliphatic heterocycles. The second-order valence-corrected chi connectivity index (χ2v) is 4.22. The number of hydrogen-bond donors (Lipinski definition) is 1. The zero-order chi connectivity index (χ0) is 12.4. The molecule has 0 aromatic heterocycles. The molecule has 2 nitrogen and oxygen atoms in total. The fraction of sp³-hybridized carbons (Fsp3) is 0. The molecule has 0 aliphatic carbocycles. The Morgan fingerprint density at radius 1 is 1.12 bits per heavy atom. The van der Waals surface area contributed by atoms with Crippen molar-refractivity contribution in [2.45, 2.75) is 0 Å². The summed E-state index contributed by atoms with van der Waals surface area (Å²) in [7, 11) is 0. The molecule has 0 fully saturated rings. The third-order valence-corrected chi connectivity index (χ3v) is 2.68. The maximum Gasteiger partial charge on any atom is 0.153 e. The van der Waals surface area contributed by atoms with Crippen LogP contribution in [-0.2, 0) is 0 Å². The van der Waals surface area contributed by atoms with E-state index >= 15 is 0 Å². The van der Waals surface area contributed by atoms with Crippen molar-refractivity contribution >= 4 is 21.6 Å². The Hall–Kier alpha value is -1.62. The number of hydrogen-bond acceptors (Lipinski definition) is 2. The Kier molecular flexibility index (Phi) is 3.28. The van der Waals surface area contributed by atoms with Crippen LogP contribution >= 0.6 is 15.9 Å². The van der Waals surface area contributed by atoms with E-state index in [1.54, 1.807) is 6.07 Å². The van der Waals surface area contributed by atoms with Crippen molar-refractivity contribution in [3.8, 4) is 11.5 Å². The molecule has 2 aromatic rings. The Bertz CT molecular complexity index is 560. The van der Waals surface area contributed by atoms with E-state index in [-0.39, 0.29) is 21.7 Å². The summed E-state index contributed by atoms with van der Waals surface area (Å²) in [5.41, 5.74) is 5.93. The second-order valence-electron chi connectivity index (χ2n) is 3.36. The molecule has 0 bridgehead atoms. The number of halogens is 3. The van der Waals surface area contributed by atoms with E-state index in [2.05, 4.69) is 15.9 Å². The molecule has 2 aromatic carbocycles. The van der Waals surface area contributed by atoms with Crippen LogP contribution in [0.25, 0.3) is 0 Å². The van der Waals surface area contributed by atoms with E-state index in [9.17, 15) is 8.78 Å². The van der Waals surface area contributed by atoms with E-state index in [1.807, 2.05) is 0 Å². The largest absolute Gasteiger partial charge is 0.455 e. The topological polar surface area (TPSA) is 35.2 Å². The van der Waals surface area contributed by atoms with Crippen molar-refractivity contribution < 1.29 is 13.5 Å². The molecule has 17 heavy (non-hydrogen) atoms. The van der Waals surface area contributed by atoms with Crippen molar-refractivity contribution in [1.82, 2.24) is 0 Å². The fourth-order valence-corrected chi connectivity index (χ4v) is 1.65. The van der Waals surface area contributed by atoms with Gasteiger partial charge in [0.15, 0.2) is 5.75 Å². The van der Waals surface area contributed by atoms with Gasteiger partial charge in [0.05, 0.1) is 10.2 Å². The van der Waals surface area contributed by atoms with Crippen LogP contribution in [0.1, 0.15) is 0 Å². The highest BCUT2D eigenvalue weighted by Gasteiger charge is 2.08. The van der Waals surface area contributed by atoms with Crippen LogP contribution in [0.2, 0.25) is 0 Å². The minimum absolute atomic E-state index is 0.149. The van der Waals surface area contributed by atoms with Gasteiger partial charge in [-0.3, -0.25) is 0 Å². The smallest absolute Gasteiger partial charge is 0.153 e. The van der Waals surface area contributed by atoms with Gasteiger partial charge in [0.25, 0.3) is 0 Å². The van der Waals surface area contributed by atoms with Gasteiger partial charge >= 0.3 is 0 Å². The van der Waals surface area contributed by atoms with Crippen molar-refractivity contribution in [2.75, 3.05) is 5.73 Å². The van der Waals surface area contributed by atoms with E-state index in [0.717, 1.165) is 6.07 Å². The van der Waals surface area contributed by atoms with Gasteiger partial charge in [-0.2, -0.15) is 0 Å². The summed E-state index contributed by atoms with van der Waals surface area (Å²) in [6.07, 6.45) is 0. The Morgan fingerprint density at radius 2 is 1.88 bits per heavy atom. The molecule has 0 spiro atoms. The molecule has 88 valence electrons. The van der Waals surface area contributed by atoms with E-state index in [4.69, 9.17) is 10.5 Å². The van der Waals surface area contributed by atoms with Crippen molar-refractivity contribution in [2.24, 2.45) is 0 Å². The number of nitrogens with two attached hydrogens (primary N) is 1. The third-order valence-electron chi connectivity index (χ3n) is 2.08. The predicted molar refractivity (Wildman–Crippen MR) is 65.0 cm³/mol. The maximum absolute atomic E-state index is 13.3. The minimum atomic E-state index is -0.495. The van der Waals surface area contributed by atoms with Crippen LogP contribution in [-0.4, -0.2) is 0 Å². The molecule has 0 amide bonds. The molecule has 0 aliphatic rings. The van der Waals surface area contributed by atoms with Crippen molar-refractivity contribution in [1.29, 1.82) is 0 Å². The number of anilines is 1.